The van der Waals surface area contributed by atoms with Crippen molar-refractivity contribution in [1.29, 1.82) is 0 Å². The zero-order chi connectivity index (χ0) is 9.84. The van der Waals surface area contributed by atoms with Crippen molar-refractivity contribution >= 4 is 5.69 Å². The van der Waals surface area contributed by atoms with Crippen molar-refractivity contribution in [2.75, 3.05) is 5.73 Å². The predicted molar refractivity (Wildman–Crippen MR) is 55.3 cm³/mol. The van der Waals surface area contributed by atoms with Gasteiger partial charge in [-0.2, -0.15) is 0 Å². The second kappa shape index (κ2) is 4.28. The maximum absolute atomic E-state index is 9.89. The Hall–Kier alpha value is -1.02. The molecule has 3 N–H and O–H groups in total. The number of anilines is 1. The van der Waals surface area contributed by atoms with Crippen LogP contribution in [-0.2, 0) is 0 Å². The maximum Gasteiger partial charge on any atom is 0.0835 e. The molecule has 1 rings (SSSR count). The number of benzene rings is 1. The third kappa shape index (κ3) is 2.22. The topological polar surface area (TPSA) is 46.2 Å². The molecule has 0 aliphatic carbocycles. The normalized spacial score (nSPS) is 15.3. The van der Waals surface area contributed by atoms with Crippen molar-refractivity contribution in [2.24, 2.45) is 5.92 Å². The van der Waals surface area contributed by atoms with E-state index in [0.29, 0.717) is 5.69 Å². The molecule has 2 atom stereocenters. The first kappa shape index (κ1) is 10.1. The van der Waals surface area contributed by atoms with E-state index in [0.717, 1.165) is 12.0 Å². The SMILES string of the molecule is CCC(C)C(O)c1ccccc1N. The average molecular weight is 179 g/mol. The quantitative estimate of drug-likeness (QED) is 0.700. The first-order valence-corrected chi connectivity index (χ1v) is 4.69. The Morgan fingerprint density at radius 3 is 2.54 bits per heavy atom. The second-order valence-electron chi connectivity index (χ2n) is 3.46. The van der Waals surface area contributed by atoms with Crippen LogP contribution in [0.15, 0.2) is 24.3 Å². The lowest BCUT2D eigenvalue weighted by Gasteiger charge is -2.18. The first-order chi connectivity index (χ1) is 6.16. The fourth-order valence-corrected chi connectivity index (χ4v) is 1.31. The lowest BCUT2D eigenvalue weighted by molar-refractivity contribution is 0.116. The van der Waals surface area contributed by atoms with E-state index in [-0.39, 0.29) is 5.92 Å². The van der Waals surface area contributed by atoms with Crippen molar-refractivity contribution in [1.82, 2.24) is 0 Å². The summed E-state index contributed by atoms with van der Waals surface area (Å²) in [5.41, 5.74) is 7.27. The predicted octanol–water partition coefficient (Wildman–Crippen LogP) is 2.35. The third-order valence-corrected chi connectivity index (χ3v) is 2.50. The zero-order valence-corrected chi connectivity index (χ0v) is 8.20. The van der Waals surface area contributed by atoms with Gasteiger partial charge in [-0.15, -0.1) is 0 Å². The Balaban J connectivity index is 2.88. The van der Waals surface area contributed by atoms with E-state index in [1.807, 2.05) is 31.2 Å². The van der Waals surface area contributed by atoms with Crippen molar-refractivity contribution < 1.29 is 5.11 Å². The van der Waals surface area contributed by atoms with Crippen LogP contribution in [0, 0.1) is 5.92 Å². The molecule has 1 aromatic rings. The molecule has 0 radical (unpaired) electrons. The molecule has 2 unspecified atom stereocenters. The molecule has 0 saturated heterocycles. The number of hydrogen-bond donors (Lipinski definition) is 2. The molecule has 0 aromatic heterocycles. The molecule has 0 fully saturated rings. The monoisotopic (exact) mass is 179 g/mol. The molecule has 13 heavy (non-hydrogen) atoms. The van der Waals surface area contributed by atoms with Crippen LogP contribution >= 0.6 is 0 Å². The summed E-state index contributed by atoms with van der Waals surface area (Å²) in [5.74, 6) is 0.254. The summed E-state index contributed by atoms with van der Waals surface area (Å²) >= 11 is 0. The summed E-state index contributed by atoms with van der Waals surface area (Å²) in [6.45, 7) is 4.09. The highest BCUT2D eigenvalue weighted by atomic mass is 16.3. The molecule has 2 nitrogen and oxygen atoms in total. The highest BCUT2D eigenvalue weighted by Gasteiger charge is 2.16. The summed E-state index contributed by atoms with van der Waals surface area (Å²) < 4.78 is 0. The fourth-order valence-electron chi connectivity index (χ4n) is 1.31. The molecule has 72 valence electrons. The number of rotatable bonds is 3. The van der Waals surface area contributed by atoms with Crippen LogP contribution in [0.2, 0.25) is 0 Å². The van der Waals surface area contributed by atoms with Gasteiger partial charge >= 0.3 is 0 Å². The van der Waals surface area contributed by atoms with Crippen molar-refractivity contribution in [3.63, 3.8) is 0 Å². The highest BCUT2D eigenvalue weighted by molar-refractivity contribution is 5.47. The van der Waals surface area contributed by atoms with Gasteiger partial charge in [-0.3, -0.25) is 0 Å². The van der Waals surface area contributed by atoms with Gasteiger partial charge in [0.1, 0.15) is 0 Å². The lowest BCUT2D eigenvalue weighted by Crippen LogP contribution is -2.10. The molecule has 0 bridgehead atoms. The number of para-hydroxylation sites is 1. The maximum atomic E-state index is 9.89. The van der Waals surface area contributed by atoms with Crippen LogP contribution < -0.4 is 5.73 Å². The molecule has 0 aliphatic rings. The van der Waals surface area contributed by atoms with Crippen LogP contribution in [0.1, 0.15) is 31.9 Å². The van der Waals surface area contributed by atoms with Crippen molar-refractivity contribution in [2.45, 2.75) is 26.4 Å². The van der Waals surface area contributed by atoms with Crippen LogP contribution in [0.4, 0.5) is 5.69 Å². The molecule has 0 aliphatic heterocycles. The summed E-state index contributed by atoms with van der Waals surface area (Å²) in [6.07, 6.45) is 0.515. The molecule has 0 amide bonds. The number of nitrogens with two attached hydrogens (primary N) is 1. The Morgan fingerprint density at radius 1 is 1.38 bits per heavy atom. The third-order valence-electron chi connectivity index (χ3n) is 2.50. The summed E-state index contributed by atoms with van der Waals surface area (Å²) in [6, 6.07) is 7.48. The summed E-state index contributed by atoms with van der Waals surface area (Å²) in [7, 11) is 0. The van der Waals surface area contributed by atoms with Crippen LogP contribution in [-0.4, -0.2) is 5.11 Å². The molecule has 2 heteroatoms. The Morgan fingerprint density at radius 2 is 2.00 bits per heavy atom. The average Bonchev–Trinajstić information content (AvgIpc) is 2.16. The minimum Gasteiger partial charge on any atom is -0.398 e. The highest BCUT2D eigenvalue weighted by Crippen LogP contribution is 2.27. The fraction of sp³-hybridized carbons (Fsp3) is 0.455. The zero-order valence-electron chi connectivity index (χ0n) is 8.20. The molecule has 0 heterocycles. The van der Waals surface area contributed by atoms with E-state index in [2.05, 4.69) is 6.92 Å². The molecular formula is C11H17NO. The first-order valence-electron chi connectivity index (χ1n) is 4.69. The minimum atomic E-state index is -0.439. The number of nitrogen functional groups attached to an aromatic ring is 1. The largest absolute Gasteiger partial charge is 0.398 e. The molecule has 0 saturated carbocycles. The van der Waals surface area contributed by atoms with Crippen LogP contribution in [0.25, 0.3) is 0 Å². The molecular weight excluding hydrogens is 162 g/mol. The van der Waals surface area contributed by atoms with E-state index < -0.39 is 6.10 Å². The summed E-state index contributed by atoms with van der Waals surface area (Å²) in [4.78, 5) is 0. The van der Waals surface area contributed by atoms with Gasteiger partial charge in [0.25, 0.3) is 0 Å². The van der Waals surface area contributed by atoms with Crippen LogP contribution in [0.5, 0.6) is 0 Å². The Bertz CT molecular complexity index is 273. The van der Waals surface area contributed by atoms with Gasteiger partial charge < -0.3 is 10.8 Å². The number of aliphatic hydroxyl groups excluding tert-OH is 1. The number of aliphatic hydroxyl groups is 1. The van der Waals surface area contributed by atoms with Gasteiger partial charge in [0.15, 0.2) is 0 Å². The van der Waals surface area contributed by atoms with Gasteiger partial charge in [0.2, 0.25) is 0 Å². The minimum absolute atomic E-state index is 0.254. The van der Waals surface area contributed by atoms with E-state index in [4.69, 9.17) is 5.73 Å². The van der Waals surface area contributed by atoms with Gasteiger partial charge in [-0.05, 0) is 12.0 Å². The lowest BCUT2D eigenvalue weighted by atomic mass is 9.94. The van der Waals surface area contributed by atoms with E-state index >= 15 is 0 Å². The van der Waals surface area contributed by atoms with Gasteiger partial charge in [-0.1, -0.05) is 38.5 Å². The second-order valence-corrected chi connectivity index (χ2v) is 3.46. The van der Waals surface area contributed by atoms with Gasteiger partial charge in [-0.25, -0.2) is 0 Å². The van der Waals surface area contributed by atoms with E-state index in [1.54, 1.807) is 0 Å². The number of hydrogen-bond acceptors (Lipinski definition) is 2. The van der Waals surface area contributed by atoms with Gasteiger partial charge in [0.05, 0.1) is 6.10 Å². The van der Waals surface area contributed by atoms with Gasteiger partial charge in [0, 0.05) is 11.3 Å². The molecule has 1 aromatic carbocycles. The van der Waals surface area contributed by atoms with E-state index in [1.165, 1.54) is 0 Å². The Kier molecular flexibility index (Phi) is 3.32. The summed E-state index contributed by atoms with van der Waals surface area (Å²) in [5, 5.41) is 9.89. The van der Waals surface area contributed by atoms with E-state index in [9.17, 15) is 5.11 Å². The Labute approximate surface area is 79.4 Å². The smallest absolute Gasteiger partial charge is 0.0835 e. The van der Waals surface area contributed by atoms with Crippen LogP contribution in [0.3, 0.4) is 0 Å². The van der Waals surface area contributed by atoms with Crippen molar-refractivity contribution in [3.05, 3.63) is 29.8 Å². The van der Waals surface area contributed by atoms with Crippen molar-refractivity contribution in [3.8, 4) is 0 Å². The molecule has 0 spiro atoms. The standard InChI is InChI=1S/C11H17NO/c1-3-8(2)11(13)9-6-4-5-7-10(9)12/h4-8,11,13H,3,12H2,1-2H3.